The van der Waals surface area contributed by atoms with Crippen LogP contribution in [-0.4, -0.2) is 55.1 Å². The van der Waals surface area contributed by atoms with E-state index in [2.05, 4.69) is 26.8 Å². The Kier molecular flexibility index (Phi) is 5.67. The highest BCUT2D eigenvalue weighted by molar-refractivity contribution is 6.33. The molecule has 7 heteroatoms. The van der Waals surface area contributed by atoms with Gasteiger partial charge in [0.05, 0.1) is 0 Å². The lowest BCUT2D eigenvalue weighted by atomic mass is 10.2. The van der Waals surface area contributed by atoms with Crippen molar-refractivity contribution in [1.29, 1.82) is 0 Å². The van der Waals surface area contributed by atoms with E-state index in [4.69, 9.17) is 23.2 Å². The monoisotopic (exact) mass is 379 g/mol. The molecule has 0 N–H and O–H groups in total. The molecule has 3 rings (SSSR count). The molecule has 1 aromatic heterocycles. The molecule has 1 fully saturated rings. The summed E-state index contributed by atoms with van der Waals surface area (Å²) in [6, 6.07) is 7.93. The van der Waals surface area contributed by atoms with Crippen molar-refractivity contribution in [3.63, 3.8) is 0 Å². The van der Waals surface area contributed by atoms with Crippen molar-refractivity contribution < 1.29 is 0 Å². The van der Waals surface area contributed by atoms with Gasteiger partial charge in [-0.25, -0.2) is 4.98 Å². The van der Waals surface area contributed by atoms with Crippen molar-refractivity contribution in [3.05, 3.63) is 46.1 Å². The van der Waals surface area contributed by atoms with E-state index >= 15 is 0 Å². The van der Waals surface area contributed by atoms with Crippen LogP contribution in [-0.2, 0) is 6.54 Å². The fourth-order valence-electron chi connectivity index (χ4n) is 3.10. The van der Waals surface area contributed by atoms with Crippen molar-refractivity contribution >= 4 is 35.0 Å². The minimum absolute atomic E-state index is 0.385. The minimum Gasteiger partial charge on any atom is -0.363 e. The third-order valence-corrected chi connectivity index (χ3v) is 5.20. The van der Waals surface area contributed by atoms with Gasteiger partial charge in [0.2, 0.25) is 5.95 Å². The van der Waals surface area contributed by atoms with Crippen molar-refractivity contribution in [2.24, 2.45) is 0 Å². The third kappa shape index (κ3) is 4.35. The van der Waals surface area contributed by atoms with Crippen molar-refractivity contribution in [1.82, 2.24) is 14.9 Å². The van der Waals surface area contributed by atoms with E-state index in [-0.39, 0.29) is 0 Å². The minimum atomic E-state index is 0.385. The largest absolute Gasteiger partial charge is 0.363 e. The summed E-state index contributed by atoms with van der Waals surface area (Å²) in [5, 5.41) is 1.49. The molecule has 1 saturated heterocycles. The summed E-state index contributed by atoms with van der Waals surface area (Å²) in [7, 11) is 6.03. The molecular weight excluding hydrogens is 357 g/mol. The Morgan fingerprint density at radius 3 is 2.76 bits per heavy atom. The summed E-state index contributed by atoms with van der Waals surface area (Å²) in [5.41, 5.74) is 1.07. The van der Waals surface area contributed by atoms with Crippen LogP contribution >= 0.6 is 23.2 Å². The number of rotatable bonds is 5. The Morgan fingerprint density at radius 2 is 2.00 bits per heavy atom. The van der Waals surface area contributed by atoms with Crippen LogP contribution in [0.5, 0.6) is 0 Å². The highest BCUT2D eigenvalue weighted by Gasteiger charge is 2.27. The molecule has 0 bridgehead atoms. The maximum absolute atomic E-state index is 6.30. The van der Waals surface area contributed by atoms with Gasteiger partial charge in [-0.3, -0.25) is 4.90 Å². The molecule has 1 unspecified atom stereocenters. The molecule has 2 aromatic rings. The molecular formula is C18H23Cl2N5. The second-order valence-corrected chi connectivity index (χ2v) is 7.48. The number of halogens is 2. The van der Waals surface area contributed by atoms with Gasteiger partial charge in [-0.15, -0.1) is 0 Å². The van der Waals surface area contributed by atoms with Gasteiger partial charge >= 0.3 is 0 Å². The summed E-state index contributed by atoms with van der Waals surface area (Å²) in [6.07, 6.45) is 2.89. The number of nitrogens with zero attached hydrogens (tertiary/aromatic N) is 5. The first-order valence-electron chi connectivity index (χ1n) is 8.33. The predicted octanol–water partition coefficient (Wildman–Crippen LogP) is 3.56. The summed E-state index contributed by atoms with van der Waals surface area (Å²) < 4.78 is 0. The number of anilines is 2. The Morgan fingerprint density at radius 1 is 1.20 bits per heavy atom. The predicted molar refractivity (Wildman–Crippen MR) is 105 cm³/mol. The number of benzene rings is 1. The van der Waals surface area contributed by atoms with Crippen LogP contribution in [0.2, 0.25) is 10.0 Å². The van der Waals surface area contributed by atoms with Gasteiger partial charge in [0.1, 0.15) is 5.82 Å². The molecule has 5 nitrogen and oxygen atoms in total. The summed E-state index contributed by atoms with van der Waals surface area (Å²) in [4.78, 5) is 15.6. The van der Waals surface area contributed by atoms with E-state index in [0.29, 0.717) is 6.04 Å². The lowest BCUT2D eigenvalue weighted by Crippen LogP contribution is -2.35. The molecule has 0 spiro atoms. The first kappa shape index (κ1) is 18.2. The SMILES string of the molecule is CN(C)c1ccnc(N(C)C2CCN(Cc3cc(Cl)ccc3Cl)C2)n1. The number of aromatic nitrogens is 2. The van der Waals surface area contributed by atoms with E-state index in [1.54, 1.807) is 0 Å². The molecule has 0 aliphatic carbocycles. The Hall–Kier alpha value is -1.56. The smallest absolute Gasteiger partial charge is 0.227 e. The molecule has 134 valence electrons. The maximum Gasteiger partial charge on any atom is 0.227 e. The summed E-state index contributed by atoms with van der Waals surface area (Å²) >= 11 is 12.4. The second kappa shape index (κ2) is 7.77. The molecule has 0 saturated carbocycles. The van der Waals surface area contributed by atoms with Gasteiger partial charge in [0, 0.05) is 63.1 Å². The average molecular weight is 380 g/mol. The zero-order valence-corrected chi connectivity index (χ0v) is 16.3. The number of hydrogen-bond donors (Lipinski definition) is 0. The van der Waals surface area contributed by atoms with E-state index in [1.807, 2.05) is 49.5 Å². The Labute approximate surface area is 159 Å². The van der Waals surface area contributed by atoms with Crippen molar-refractivity contribution in [2.75, 3.05) is 44.0 Å². The summed E-state index contributed by atoms with van der Waals surface area (Å²) in [5.74, 6) is 1.68. The van der Waals surface area contributed by atoms with Crippen LogP contribution in [0.25, 0.3) is 0 Å². The third-order valence-electron chi connectivity index (χ3n) is 4.60. The van der Waals surface area contributed by atoms with E-state index in [9.17, 15) is 0 Å². The Balaban J connectivity index is 1.66. The van der Waals surface area contributed by atoms with Crippen LogP contribution in [0.1, 0.15) is 12.0 Å². The van der Waals surface area contributed by atoms with Crippen molar-refractivity contribution in [3.8, 4) is 0 Å². The van der Waals surface area contributed by atoms with Gasteiger partial charge in [-0.05, 0) is 36.2 Å². The zero-order valence-electron chi connectivity index (χ0n) is 14.8. The van der Waals surface area contributed by atoms with Gasteiger partial charge in [-0.2, -0.15) is 4.98 Å². The fourth-order valence-corrected chi connectivity index (χ4v) is 3.47. The first-order chi connectivity index (χ1) is 11.9. The molecule has 1 aromatic carbocycles. The van der Waals surface area contributed by atoms with Gasteiger partial charge < -0.3 is 9.80 Å². The fraction of sp³-hybridized carbons (Fsp3) is 0.444. The average Bonchev–Trinajstić information content (AvgIpc) is 3.06. The van der Waals surface area contributed by atoms with Crippen LogP contribution < -0.4 is 9.80 Å². The maximum atomic E-state index is 6.30. The van der Waals surface area contributed by atoms with Crippen molar-refractivity contribution in [2.45, 2.75) is 19.0 Å². The van der Waals surface area contributed by atoms with Gasteiger partial charge in [-0.1, -0.05) is 23.2 Å². The second-order valence-electron chi connectivity index (χ2n) is 6.63. The summed E-state index contributed by atoms with van der Waals surface area (Å²) in [6.45, 7) is 2.78. The molecule has 0 radical (unpaired) electrons. The number of likely N-dealkylation sites (tertiary alicyclic amines) is 1. The standard InChI is InChI=1S/C18H23Cl2N5/c1-23(2)17-6-8-21-18(22-17)24(3)15-7-9-25(12-15)11-13-10-14(19)4-5-16(13)20/h4-6,8,10,15H,7,9,11-12H2,1-3H3. The lowest BCUT2D eigenvalue weighted by Gasteiger charge is -2.26. The Bertz CT molecular complexity index is 737. The van der Waals surface area contributed by atoms with Crippen LogP contribution in [0.15, 0.2) is 30.5 Å². The molecule has 2 heterocycles. The normalized spacial score (nSPS) is 17.7. The molecule has 0 amide bonds. The number of likely N-dealkylation sites (N-methyl/N-ethyl adjacent to an activating group) is 1. The molecule has 25 heavy (non-hydrogen) atoms. The molecule has 1 aliphatic rings. The van der Waals surface area contributed by atoms with Gasteiger partial charge in [0.15, 0.2) is 0 Å². The number of hydrogen-bond acceptors (Lipinski definition) is 5. The van der Waals surface area contributed by atoms with Gasteiger partial charge in [0.25, 0.3) is 0 Å². The quantitative estimate of drug-likeness (QED) is 0.793. The van der Waals surface area contributed by atoms with Crippen LogP contribution in [0.4, 0.5) is 11.8 Å². The van der Waals surface area contributed by atoms with E-state index in [0.717, 1.165) is 53.4 Å². The van der Waals surface area contributed by atoms with E-state index in [1.165, 1.54) is 0 Å². The van der Waals surface area contributed by atoms with Crippen LogP contribution in [0, 0.1) is 0 Å². The topological polar surface area (TPSA) is 35.5 Å². The van der Waals surface area contributed by atoms with E-state index < -0.39 is 0 Å². The zero-order chi connectivity index (χ0) is 18.0. The highest BCUT2D eigenvalue weighted by Crippen LogP contribution is 2.25. The highest BCUT2D eigenvalue weighted by atomic mass is 35.5. The molecule has 1 aliphatic heterocycles. The first-order valence-corrected chi connectivity index (χ1v) is 9.09. The lowest BCUT2D eigenvalue weighted by molar-refractivity contribution is 0.326. The van der Waals surface area contributed by atoms with Crippen LogP contribution in [0.3, 0.4) is 0 Å². The molecule has 1 atom stereocenters.